The molecule has 0 aromatic carbocycles. The van der Waals surface area contributed by atoms with E-state index in [1.807, 2.05) is 34.6 Å². The SMILES string of the molecule is CC(C)(C)CC[C@H]1COC(C)(C)N1C(=O)OC(C)(C)C. The molecule has 1 aliphatic heterocycles. The van der Waals surface area contributed by atoms with Crippen molar-refractivity contribution >= 4 is 6.09 Å². The molecule has 0 spiro atoms. The van der Waals surface area contributed by atoms with Gasteiger partial charge in [-0.15, -0.1) is 0 Å². The van der Waals surface area contributed by atoms with Gasteiger partial charge in [-0.25, -0.2) is 4.79 Å². The van der Waals surface area contributed by atoms with Crippen molar-refractivity contribution in [3.8, 4) is 0 Å². The highest BCUT2D eigenvalue weighted by molar-refractivity contribution is 5.69. The van der Waals surface area contributed by atoms with Crippen LogP contribution in [0.2, 0.25) is 0 Å². The predicted octanol–water partition coefficient (Wildman–Crippen LogP) is 4.18. The number of carbonyl (C=O) groups is 1. The molecule has 4 nitrogen and oxygen atoms in total. The quantitative estimate of drug-likeness (QED) is 0.764. The lowest BCUT2D eigenvalue weighted by Crippen LogP contribution is -2.50. The van der Waals surface area contributed by atoms with Crippen LogP contribution in [0, 0.1) is 5.41 Å². The summed E-state index contributed by atoms with van der Waals surface area (Å²) in [5, 5.41) is 0. The van der Waals surface area contributed by atoms with Gasteiger partial charge in [-0.2, -0.15) is 0 Å². The third-order valence-corrected chi connectivity index (χ3v) is 3.39. The average Bonchev–Trinajstić information content (AvgIpc) is 2.46. The summed E-state index contributed by atoms with van der Waals surface area (Å²) in [5.41, 5.74) is -0.818. The van der Waals surface area contributed by atoms with E-state index >= 15 is 0 Å². The fraction of sp³-hybridized carbons (Fsp3) is 0.938. The van der Waals surface area contributed by atoms with E-state index < -0.39 is 11.3 Å². The first-order chi connectivity index (χ1) is 8.82. The first-order valence-corrected chi connectivity index (χ1v) is 7.48. The molecule has 0 N–H and O–H groups in total. The van der Waals surface area contributed by atoms with Crippen molar-refractivity contribution in [2.75, 3.05) is 6.61 Å². The van der Waals surface area contributed by atoms with Crippen LogP contribution >= 0.6 is 0 Å². The van der Waals surface area contributed by atoms with Gasteiger partial charge < -0.3 is 9.47 Å². The van der Waals surface area contributed by atoms with Crippen molar-refractivity contribution in [1.29, 1.82) is 0 Å². The Labute approximate surface area is 123 Å². The van der Waals surface area contributed by atoms with Crippen molar-refractivity contribution in [3.63, 3.8) is 0 Å². The van der Waals surface area contributed by atoms with Crippen LogP contribution in [0.15, 0.2) is 0 Å². The van der Waals surface area contributed by atoms with E-state index in [0.717, 1.165) is 12.8 Å². The number of ether oxygens (including phenoxy) is 2. The number of rotatable bonds is 2. The summed E-state index contributed by atoms with van der Waals surface area (Å²) in [5.74, 6) is 0. The van der Waals surface area contributed by atoms with Crippen molar-refractivity contribution in [1.82, 2.24) is 4.90 Å². The van der Waals surface area contributed by atoms with E-state index in [2.05, 4.69) is 20.8 Å². The first-order valence-electron chi connectivity index (χ1n) is 7.48. The van der Waals surface area contributed by atoms with Crippen molar-refractivity contribution in [3.05, 3.63) is 0 Å². The van der Waals surface area contributed by atoms with Crippen molar-refractivity contribution in [2.45, 2.75) is 85.6 Å². The highest BCUT2D eigenvalue weighted by Crippen LogP contribution is 2.33. The van der Waals surface area contributed by atoms with Gasteiger partial charge in [-0.05, 0) is 52.9 Å². The summed E-state index contributed by atoms with van der Waals surface area (Å²) in [6.45, 7) is 16.7. The maximum Gasteiger partial charge on any atom is 0.412 e. The van der Waals surface area contributed by atoms with Crippen molar-refractivity contribution < 1.29 is 14.3 Å². The highest BCUT2D eigenvalue weighted by Gasteiger charge is 2.45. The van der Waals surface area contributed by atoms with Crippen LogP contribution in [0.1, 0.15) is 68.2 Å². The zero-order chi connectivity index (χ0) is 15.8. The van der Waals surface area contributed by atoms with Crippen LogP contribution in [0.25, 0.3) is 0 Å². The predicted molar refractivity (Wildman–Crippen MR) is 80.6 cm³/mol. The molecule has 1 rings (SSSR count). The van der Waals surface area contributed by atoms with E-state index in [-0.39, 0.29) is 17.6 Å². The summed E-state index contributed by atoms with van der Waals surface area (Å²) in [7, 11) is 0. The molecule has 0 aromatic heterocycles. The van der Waals surface area contributed by atoms with Gasteiger partial charge in [-0.1, -0.05) is 20.8 Å². The summed E-state index contributed by atoms with van der Waals surface area (Å²) in [6.07, 6.45) is 1.71. The first kappa shape index (κ1) is 17.3. The second-order valence-electron chi connectivity index (χ2n) is 8.36. The van der Waals surface area contributed by atoms with E-state index in [9.17, 15) is 4.79 Å². The normalized spacial score (nSPS) is 23.0. The average molecular weight is 285 g/mol. The van der Waals surface area contributed by atoms with E-state index in [1.165, 1.54) is 0 Å². The van der Waals surface area contributed by atoms with Gasteiger partial charge in [0.05, 0.1) is 12.6 Å². The highest BCUT2D eigenvalue weighted by atomic mass is 16.6. The summed E-state index contributed by atoms with van der Waals surface area (Å²) < 4.78 is 11.3. The van der Waals surface area contributed by atoms with E-state index in [4.69, 9.17) is 9.47 Å². The van der Waals surface area contributed by atoms with E-state index in [1.54, 1.807) is 4.90 Å². The zero-order valence-corrected chi connectivity index (χ0v) is 14.4. The molecule has 0 unspecified atom stereocenters. The number of carbonyl (C=O) groups excluding carboxylic acids is 1. The van der Waals surface area contributed by atoms with Gasteiger partial charge >= 0.3 is 6.09 Å². The molecule has 0 aromatic rings. The Kier molecular flexibility index (Phi) is 4.79. The van der Waals surface area contributed by atoms with Gasteiger partial charge in [0.1, 0.15) is 11.3 Å². The minimum Gasteiger partial charge on any atom is -0.444 e. The van der Waals surface area contributed by atoms with Gasteiger partial charge in [0, 0.05) is 0 Å². The third kappa shape index (κ3) is 4.97. The molecule has 118 valence electrons. The largest absolute Gasteiger partial charge is 0.444 e. The molecule has 1 amide bonds. The molecule has 4 heteroatoms. The molecule has 20 heavy (non-hydrogen) atoms. The van der Waals surface area contributed by atoms with Gasteiger partial charge in [0.25, 0.3) is 0 Å². The topological polar surface area (TPSA) is 38.8 Å². The van der Waals surface area contributed by atoms with Crippen LogP contribution in [0.4, 0.5) is 4.79 Å². The number of hydrogen-bond acceptors (Lipinski definition) is 3. The standard InChI is InChI=1S/C16H31NO3/c1-14(2,3)10-9-12-11-19-16(7,8)17(12)13(18)20-15(4,5)6/h12H,9-11H2,1-8H3/t12-/m0/s1. The fourth-order valence-electron chi connectivity index (χ4n) is 2.38. The summed E-state index contributed by atoms with van der Waals surface area (Å²) in [4.78, 5) is 14.2. The van der Waals surface area contributed by atoms with Gasteiger partial charge in [0.2, 0.25) is 0 Å². The Morgan fingerprint density at radius 3 is 2.25 bits per heavy atom. The molecule has 0 aliphatic carbocycles. The molecular formula is C16H31NO3. The third-order valence-electron chi connectivity index (χ3n) is 3.39. The Balaban J connectivity index is 2.78. The van der Waals surface area contributed by atoms with E-state index in [0.29, 0.717) is 6.61 Å². The molecule has 1 fully saturated rings. The smallest absolute Gasteiger partial charge is 0.412 e. The molecule has 0 bridgehead atoms. The molecule has 1 saturated heterocycles. The Hall–Kier alpha value is -0.770. The zero-order valence-electron chi connectivity index (χ0n) is 14.4. The van der Waals surface area contributed by atoms with Crippen LogP contribution in [-0.4, -0.2) is 35.0 Å². The summed E-state index contributed by atoms with van der Waals surface area (Å²) in [6, 6.07) is 0.0964. The minimum absolute atomic E-state index is 0.0964. The molecule has 0 radical (unpaired) electrons. The molecule has 1 atom stereocenters. The molecule has 1 heterocycles. The number of amides is 1. The van der Waals surface area contributed by atoms with Crippen LogP contribution in [0.5, 0.6) is 0 Å². The number of hydrogen-bond donors (Lipinski definition) is 0. The van der Waals surface area contributed by atoms with Gasteiger partial charge in [-0.3, -0.25) is 4.90 Å². The Bertz CT molecular complexity index is 350. The second-order valence-corrected chi connectivity index (χ2v) is 8.36. The monoisotopic (exact) mass is 285 g/mol. The fourth-order valence-corrected chi connectivity index (χ4v) is 2.38. The van der Waals surface area contributed by atoms with Crippen LogP contribution in [-0.2, 0) is 9.47 Å². The maximum atomic E-state index is 12.4. The lowest BCUT2D eigenvalue weighted by atomic mass is 9.88. The lowest BCUT2D eigenvalue weighted by molar-refractivity contribution is -0.0629. The summed E-state index contributed by atoms with van der Waals surface area (Å²) >= 11 is 0. The van der Waals surface area contributed by atoms with Gasteiger partial charge in [0.15, 0.2) is 0 Å². The maximum absolute atomic E-state index is 12.4. The molecule has 1 aliphatic rings. The van der Waals surface area contributed by atoms with Crippen LogP contribution in [0.3, 0.4) is 0 Å². The van der Waals surface area contributed by atoms with Crippen LogP contribution < -0.4 is 0 Å². The second kappa shape index (κ2) is 5.55. The lowest BCUT2D eigenvalue weighted by Gasteiger charge is -2.35. The molecule has 0 saturated carbocycles. The molecular weight excluding hydrogens is 254 g/mol. The Morgan fingerprint density at radius 1 is 1.25 bits per heavy atom. The van der Waals surface area contributed by atoms with Crippen molar-refractivity contribution in [2.24, 2.45) is 5.41 Å². The minimum atomic E-state index is -0.592. The number of nitrogens with zero attached hydrogens (tertiary/aromatic N) is 1. The Morgan fingerprint density at radius 2 is 1.80 bits per heavy atom.